The topological polar surface area (TPSA) is 165 Å². The van der Waals surface area contributed by atoms with Crippen molar-refractivity contribution >= 4 is 61.6 Å². The van der Waals surface area contributed by atoms with Crippen LogP contribution in [0.4, 0.5) is 11.4 Å². The highest BCUT2D eigenvalue weighted by Gasteiger charge is 2.34. The fourth-order valence-corrected chi connectivity index (χ4v) is 7.44. The molecule has 5 N–H and O–H groups in total. The lowest BCUT2D eigenvalue weighted by Gasteiger charge is -2.30. The Kier molecular flexibility index (Phi) is 12.9. The van der Waals surface area contributed by atoms with Gasteiger partial charge in [0, 0.05) is 64.4 Å². The molecule has 3 amide bonds. The molecular formula is C39H44N4O7S2. The summed E-state index contributed by atoms with van der Waals surface area (Å²) in [5, 5.41) is 27.8. The number of hydrogen-bond donors (Lipinski definition) is 5. The number of carbonyl (C=O) groups excluding carboxylic acids is 3. The van der Waals surface area contributed by atoms with E-state index >= 15 is 0 Å². The molecule has 274 valence electrons. The number of allylic oxidation sites excluding steroid dienone is 3. The third kappa shape index (κ3) is 9.66. The molecule has 0 unspecified atom stereocenters. The fourth-order valence-electron chi connectivity index (χ4n) is 6.31. The van der Waals surface area contributed by atoms with Gasteiger partial charge in [0.25, 0.3) is 5.91 Å². The lowest BCUT2D eigenvalue weighted by molar-refractivity contribution is -0.128. The van der Waals surface area contributed by atoms with E-state index in [2.05, 4.69) is 16.0 Å². The monoisotopic (exact) mass is 744 g/mol. The zero-order valence-electron chi connectivity index (χ0n) is 29.4. The molecule has 1 aliphatic carbocycles. The standard InChI is InChI=1S/C39H44N4O7S2/c1-39(2,40-22-28(45)24-44)21-36(46)41-33-17-14-27-20-29(51-3)15-18-34(27)43(38(33)48)23-25-13-16-31(35(19-25)52(49)50)30-11-7-8-12-32(30)42-37(47)26-9-5-4-6-10-26/h4-13,15-16,18,20,28,33,40,44-45H,14,17,19,21-24H2,1-3H3,(H,41,46)(H,42,47)/t28-,33+/m0/s1. The summed E-state index contributed by atoms with van der Waals surface area (Å²) in [7, 11) is -2.61. The molecule has 0 radical (unpaired) electrons. The summed E-state index contributed by atoms with van der Waals surface area (Å²) in [4.78, 5) is 43.4. The van der Waals surface area contributed by atoms with Crippen LogP contribution in [0, 0.1) is 0 Å². The summed E-state index contributed by atoms with van der Waals surface area (Å²) in [5.41, 5.74) is 3.54. The molecule has 3 aromatic rings. The summed E-state index contributed by atoms with van der Waals surface area (Å²) in [6, 6.07) is 20.8. The molecule has 1 heterocycles. The van der Waals surface area contributed by atoms with E-state index in [1.165, 1.54) is 0 Å². The highest BCUT2D eigenvalue weighted by molar-refractivity contribution is 7.98. The maximum Gasteiger partial charge on any atom is 0.255 e. The van der Waals surface area contributed by atoms with Crippen LogP contribution >= 0.6 is 11.8 Å². The van der Waals surface area contributed by atoms with Crippen LogP contribution in [0.3, 0.4) is 0 Å². The van der Waals surface area contributed by atoms with Crippen molar-refractivity contribution in [2.24, 2.45) is 0 Å². The number of aryl methyl sites for hydroxylation is 1. The molecule has 5 rings (SSSR count). The van der Waals surface area contributed by atoms with E-state index in [1.54, 1.807) is 85.1 Å². The van der Waals surface area contributed by atoms with Gasteiger partial charge < -0.3 is 31.1 Å². The zero-order chi connectivity index (χ0) is 37.4. The number of nitrogens with one attached hydrogen (secondary N) is 3. The second-order valence-corrected chi connectivity index (χ2v) is 15.3. The van der Waals surface area contributed by atoms with Crippen molar-refractivity contribution in [2.75, 3.05) is 36.2 Å². The SMILES string of the molecule is CSc1ccc2c(c1)CC[C@@H](NC(=O)CC(C)(C)NC[C@H](O)CO)C(=O)N2CC1=CC=C(c2ccccc2NC(=O)c2ccccc2)C(=S(=O)=O)C1. The smallest absolute Gasteiger partial charge is 0.255 e. The lowest BCUT2D eigenvalue weighted by Crippen LogP contribution is -2.52. The number of benzene rings is 3. The molecule has 0 bridgehead atoms. The number of aliphatic hydroxyl groups is 2. The van der Waals surface area contributed by atoms with E-state index in [1.807, 2.05) is 36.6 Å². The van der Waals surface area contributed by atoms with Crippen LogP contribution in [0.5, 0.6) is 0 Å². The Morgan fingerprint density at radius 3 is 2.48 bits per heavy atom. The first-order valence-corrected chi connectivity index (χ1v) is 19.3. The Bertz CT molecular complexity index is 2020. The van der Waals surface area contributed by atoms with Crippen LogP contribution < -0.4 is 20.9 Å². The van der Waals surface area contributed by atoms with Crippen molar-refractivity contribution in [1.29, 1.82) is 0 Å². The molecule has 0 saturated heterocycles. The second-order valence-electron chi connectivity index (χ2n) is 13.5. The molecule has 0 saturated carbocycles. The van der Waals surface area contributed by atoms with Crippen LogP contribution in [0.25, 0.3) is 5.57 Å². The number of anilines is 2. The van der Waals surface area contributed by atoms with Gasteiger partial charge in [-0.3, -0.25) is 14.4 Å². The van der Waals surface area contributed by atoms with Crippen molar-refractivity contribution in [3.8, 4) is 0 Å². The summed E-state index contributed by atoms with van der Waals surface area (Å²) >= 11 is 1.59. The maximum absolute atomic E-state index is 14.3. The molecule has 3 aromatic carbocycles. The van der Waals surface area contributed by atoms with E-state index < -0.39 is 34.6 Å². The van der Waals surface area contributed by atoms with Gasteiger partial charge in [-0.05, 0) is 80.5 Å². The molecule has 13 heteroatoms. The number of aliphatic hydroxyl groups excluding tert-OH is 2. The third-order valence-electron chi connectivity index (χ3n) is 9.05. The van der Waals surface area contributed by atoms with Gasteiger partial charge in [-0.2, -0.15) is 8.42 Å². The van der Waals surface area contributed by atoms with Gasteiger partial charge in [-0.25, -0.2) is 0 Å². The van der Waals surface area contributed by atoms with Gasteiger partial charge in [0.1, 0.15) is 6.04 Å². The number of para-hydroxylation sites is 1. The first kappa shape index (κ1) is 38.7. The van der Waals surface area contributed by atoms with Gasteiger partial charge in [0.05, 0.1) is 17.6 Å². The number of nitrogens with zero attached hydrogens (tertiary/aromatic N) is 1. The van der Waals surface area contributed by atoms with Gasteiger partial charge in [-0.1, -0.05) is 48.6 Å². The predicted octanol–water partition coefficient (Wildman–Crippen LogP) is 4.00. The van der Waals surface area contributed by atoms with Crippen molar-refractivity contribution in [1.82, 2.24) is 10.6 Å². The highest BCUT2D eigenvalue weighted by atomic mass is 32.2. The normalized spacial score (nSPS) is 16.6. The molecule has 11 nitrogen and oxygen atoms in total. The Balaban J connectivity index is 1.42. The summed E-state index contributed by atoms with van der Waals surface area (Å²) < 4.78 is 25.5. The van der Waals surface area contributed by atoms with Gasteiger partial charge in [0.15, 0.2) is 0 Å². The molecule has 52 heavy (non-hydrogen) atoms. The third-order valence-corrected chi connectivity index (χ3v) is 10.5. The minimum atomic E-state index is -2.61. The highest BCUT2D eigenvalue weighted by Crippen LogP contribution is 2.34. The number of rotatable bonds is 13. The second kappa shape index (κ2) is 17.3. The maximum atomic E-state index is 14.3. The first-order chi connectivity index (χ1) is 24.9. The summed E-state index contributed by atoms with van der Waals surface area (Å²) in [6.07, 6.45) is 5.52. The van der Waals surface area contributed by atoms with Gasteiger partial charge in [-0.15, -0.1) is 11.8 Å². The van der Waals surface area contributed by atoms with Crippen LogP contribution in [-0.2, 0) is 26.3 Å². The van der Waals surface area contributed by atoms with Gasteiger partial charge in [0.2, 0.25) is 22.1 Å². The van der Waals surface area contributed by atoms with Crippen molar-refractivity contribution in [2.45, 2.75) is 62.1 Å². The van der Waals surface area contributed by atoms with Crippen molar-refractivity contribution in [3.05, 3.63) is 107 Å². The number of carbonyl (C=O) groups is 3. The minimum absolute atomic E-state index is 0.0259. The largest absolute Gasteiger partial charge is 0.394 e. The van der Waals surface area contributed by atoms with E-state index in [0.717, 1.165) is 10.5 Å². The number of thioether (sulfide) groups is 1. The van der Waals surface area contributed by atoms with E-state index in [9.17, 15) is 27.9 Å². The van der Waals surface area contributed by atoms with E-state index in [0.29, 0.717) is 46.5 Å². The average molecular weight is 745 g/mol. The molecule has 0 fully saturated rings. The summed E-state index contributed by atoms with van der Waals surface area (Å²) in [5.74, 6) is -0.972. The van der Waals surface area contributed by atoms with E-state index in [4.69, 9.17) is 5.11 Å². The number of fused-ring (bicyclic) bond motifs is 1. The summed E-state index contributed by atoms with van der Waals surface area (Å²) in [6.45, 7) is 3.40. The first-order valence-electron chi connectivity index (χ1n) is 17.0. The van der Waals surface area contributed by atoms with Crippen LogP contribution in [0.2, 0.25) is 0 Å². The van der Waals surface area contributed by atoms with Gasteiger partial charge >= 0.3 is 0 Å². The molecule has 2 aliphatic rings. The molecule has 0 aromatic heterocycles. The molecular weight excluding hydrogens is 701 g/mol. The van der Waals surface area contributed by atoms with Crippen molar-refractivity contribution in [3.63, 3.8) is 0 Å². The molecule has 2 atom stereocenters. The Hall–Kier alpha value is -4.53. The zero-order valence-corrected chi connectivity index (χ0v) is 31.0. The minimum Gasteiger partial charge on any atom is -0.394 e. The number of β-amino-alcohol motifs (C(OH)–C–C–N with tert-alkyl or cyclic N) is 1. The Labute approximate surface area is 309 Å². The lowest BCUT2D eigenvalue weighted by atomic mass is 9.91. The van der Waals surface area contributed by atoms with Crippen LogP contribution in [0.15, 0.2) is 95.4 Å². The Morgan fingerprint density at radius 1 is 1.04 bits per heavy atom. The number of amides is 3. The molecule has 1 aliphatic heterocycles. The van der Waals surface area contributed by atoms with Crippen LogP contribution in [0.1, 0.15) is 54.6 Å². The van der Waals surface area contributed by atoms with Crippen molar-refractivity contribution < 1.29 is 33.0 Å². The van der Waals surface area contributed by atoms with Crippen LogP contribution in [-0.4, -0.2) is 84.9 Å². The van der Waals surface area contributed by atoms with E-state index in [-0.39, 0.29) is 48.5 Å². The Morgan fingerprint density at radius 2 is 1.77 bits per heavy atom. The fraction of sp³-hybridized carbons (Fsp3) is 0.333. The predicted molar refractivity (Wildman–Crippen MR) is 206 cm³/mol. The average Bonchev–Trinajstić information content (AvgIpc) is 3.26. The number of hydrogen-bond acceptors (Lipinski definition) is 9. The quantitative estimate of drug-likeness (QED) is 0.129. The molecule has 0 spiro atoms.